The van der Waals surface area contributed by atoms with Gasteiger partial charge in [-0.15, -0.1) is 5.10 Å². The molecule has 0 unspecified atom stereocenters. The van der Waals surface area contributed by atoms with Crippen molar-refractivity contribution < 1.29 is 24.3 Å². The number of benzene rings is 2. The van der Waals surface area contributed by atoms with E-state index in [1.54, 1.807) is 4.90 Å². The predicted molar refractivity (Wildman–Crippen MR) is 166 cm³/mol. The van der Waals surface area contributed by atoms with Gasteiger partial charge in [0.2, 0.25) is 11.9 Å². The Bertz CT molecular complexity index is 2180. The van der Waals surface area contributed by atoms with Crippen molar-refractivity contribution in [2.75, 3.05) is 22.9 Å². The maximum Gasteiger partial charge on any atom is 0.335 e. The van der Waals surface area contributed by atoms with E-state index in [9.17, 15) is 28.8 Å². The van der Waals surface area contributed by atoms with E-state index in [2.05, 4.69) is 25.7 Å². The molecule has 3 aromatic carbocycles. The van der Waals surface area contributed by atoms with Gasteiger partial charge in [0.05, 0.1) is 5.56 Å². The number of fused-ring (bicyclic) bond motifs is 2. The molecule has 1 atom stereocenters. The van der Waals surface area contributed by atoms with Crippen molar-refractivity contribution in [1.82, 2.24) is 30.2 Å². The average molecular weight is 639 g/mol. The number of rotatable bonds is 9. The molecule has 6 rings (SSSR count). The number of amides is 3. The van der Waals surface area contributed by atoms with Crippen LogP contribution in [-0.2, 0) is 24.3 Å². The van der Waals surface area contributed by atoms with E-state index < -0.39 is 40.6 Å². The highest BCUT2D eigenvalue weighted by Gasteiger charge is 2.28. The smallest absolute Gasteiger partial charge is 0.335 e. The molecular weight excluding hydrogens is 612 g/mol. The first kappa shape index (κ1) is 30.4. The van der Waals surface area contributed by atoms with Gasteiger partial charge in [0.1, 0.15) is 28.8 Å². The molecule has 3 heterocycles. The third-order valence-electron chi connectivity index (χ3n) is 7.82. The highest BCUT2D eigenvalue weighted by Crippen LogP contribution is 2.26. The summed E-state index contributed by atoms with van der Waals surface area (Å²) in [5.74, 6) is -4.02. The lowest BCUT2D eigenvalue weighted by Crippen LogP contribution is -2.44. The zero-order valence-corrected chi connectivity index (χ0v) is 24.4. The molecule has 0 fully saturated rings. The molecule has 47 heavy (non-hydrogen) atoms. The molecule has 0 spiro atoms. The van der Waals surface area contributed by atoms with Gasteiger partial charge in [-0.1, -0.05) is 30.3 Å². The van der Waals surface area contributed by atoms with Crippen molar-refractivity contribution in [2.24, 2.45) is 5.73 Å². The van der Waals surface area contributed by atoms with Crippen LogP contribution in [-0.4, -0.2) is 54.9 Å². The Morgan fingerprint density at radius 2 is 1.68 bits per heavy atom. The number of nitrogen functional groups attached to an aromatic ring is 2. The Morgan fingerprint density at radius 1 is 0.936 bits per heavy atom. The van der Waals surface area contributed by atoms with Crippen LogP contribution in [0, 0.1) is 0 Å². The lowest BCUT2D eigenvalue weighted by molar-refractivity contribution is -0.120. The number of primary amides is 1. The van der Waals surface area contributed by atoms with Crippen molar-refractivity contribution in [1.29, 1.82) is 0 Å². The first-order valence-electron chi connectivity index (χ1n) is 14.1. The van der Waals surface area contributed by atoms with Gasteiger partial charge >= 0.3 is 5.97 Å². The molecular formula is C30H26N10O7. The van der Waals surface area contributed by atoms with Crippen molar-refractivity contribution >= 4 is 46.8 Å². The maximum absolute atomic E-state index is 13.4. The van der Waals surface area contributed by atoms with E-state index in [0.717, 1.165) is 27.3 Å². The monoisotopic (exact) mass is 638 g/mol. The summed E-state index contributed by atoms with van der Waals surface area (Å²) in [7, 11) is 0. The maximum atomic E-state index is 13.4. The summed E-state index contributed by atoms with van der Waals surface area (Å²) in [4.78, 5) is 83.7. The minimum Gasteiger partial charge on any atom is -0.478 e. The van der Waals surface area contributed by atoms with E-state index >= 15 is 0 Å². The molecule has 0 saturated carbocycles. The first-order chi connectivity index (χ1) is 22.4. The number of carbonyl (C=O) groups is 4. The van der Waals surface area contributed by atoms with Crippen LogP contribution in [0.5, 0.6) is 0 Å². The van der Waals surface area contributed by atoms with E-state index in [0.29, 0.717) is 19.5 Å². The van der Waals surface area contributed by atoms with E-state index in [1.807, 2.05) is 18.2 Å². The summed E-state index contributed by atoms with van der Waals surface area (Å²) >= 11 is 0. The Labute approximate surface area is 263 Å². The summed E-state index contributed by atoms with van der Waals surface area (Å²) in [6, 6.07) is 10.6. The molecule has 3 amide bonds. The molecule has 5 aromatic rings. The lowest BCUT2D eigenvalue weighted by atomic mass is 9.96. The van der Waals surface area contributed by atoms with Crippen LogP contribution in [0.25, 0.3) is 5.78 Å². The molecule has 238 valence electrons. The Kier molecular flexibility index (Phi) is 7.56. The van der Waals surface area contributed by atoms with Gasteiger partial charge in [-0.2, -0.15) is 9.50 Å². The second kappa shape index (κ2) is 11.7. The fourth-order valence-electron chi connectivity index (χ4n) is 5.40. The number of nitrogens with zero attached hydrogens (tertiary/aromatic N) is 5. The molecule has 0 saturated heterocycles. The summed E-state index contributed by atoms with van der Waals surface area (Å²) < 4.78 is 1.00. The van der Waals surface area contributed by atoms with Gasteiger partial charge in [0.25, 0.3) is 28.4 Å². The summed E-state index contributed by atoms with van der Waals surface area (Å²) in [5, 5.41) is 18.3. The van der Waals surface area contributed by atoms with Gasteiger partial charge in [0, 0.05) is 25.7 Å². The molecule has 2 aromatic heterocycles. The third-order valence-corrected chi connectivity index (χ3v) is 7.82. The molecule has 17 nitrogen and oxygen atoms in total. The number of hydrogen-bond acceptors (Lipinski definition) is 12. The van der Waals surface area contributed by atoms with E-state index in [1.165, 1.54) is 24.3 Å². The highest BCUT2D eigenvalue weighted by atomic mass is 16.4. The average Bonchev–Trinajstić information content (AvgIpc) is 3.45. The van der Waals surface area contributed by atoms with E-state index in [4.69, 9.17) is 22.3 Å². The topological polar surface area (TPSA) is 271 Å². The van der Waals surface area contributed by atoms with Gasteiger partial charge in [-0.25, -0.2) is 9.78 Å². The molecule has 1 aliphatic rings. The first-order valence-corrected chi connectivity index (χ1v) is 14.1. The van der Waals surface area contributed by atoms with Crippen molar-refractivity contribution in [3.63, 3.8) is 0 Å². The highest BCUT2D eigenvalue weighted by molar-refractivity contribution is 6.00. The van der Waals surface area contributed by atoms with Crippen LogP contribution < -0.4 is 43.6 Å². The number of hydrogen-bond donors (Lipinski definition) is 6. The molecule has 0 radical (unpaired) electrons. The van der Waals surface area contributed by atoms with Gasteiger partial charge in [-0.3, -0.25) is 24.0 Å². The third kappa shape index (κ3) is 5.68. The quantitative estimate of drug-likeness (QED) is 0.106. The predicted octanol–water partition coefficient (Wildman–Crippen LogP) is -0.968. The second-order valence-electron chi connectivity index (χ2n) is 10.8. The number of carbonyl (C=O) groups excluding carboxylic acids is 3. The van der Waals surface area contributed by atoms with Gasteiger partial charge < -0.3 is 37.8 Å². The van der Waals surface area contributed by atoms with Crippen LogP contribution in [0.2, 0.25) is 0 Å². The SMILES string of the molecule is NC(=O)[C@H](NC(=O)c1cc(C(=O)NCc2ccc3c(c2)CN(c2c(N)c(=O)c2=O)CC3)nc2nc(N)nn12)c1ccc(C(=O)O)cc1. The number of aromatic nitrogens is 4. The van der Waals surface area contributed by atoms with Crippen molar-refractivity contribution in [3.8, 4) is 0 Å². The van der Waals surface area contributed by atoms with Gasteiger partial charge in [0.15, 0.2) is 0 Å². The van der Waals surface area contributed by atoms with Crippen molar-refractivity contribution in [2.45, 2.75) is 25.6 Å². The minimum absolute atomic E-state index is 0.0315. The Hall–Kier alpha value is -6.65. The fourth-order valence-corrected chi connectivity index (χ4v) is 5.40. The molecule has 0 aliphatic carbocycles. The number of aromatic carboxylic acids is 1. The Morgan fingerprint density at radius 3 is 2.36 bits per heavy atom. The fraction of sp³-hybridized carbons (Fsp3) is 0.167. The van der Waals surface area contributed by atoms with E-state index in [-0.39, 0.29) is 52.2 Å². The lowest BCUT2D eigenvalue weighted by Gasteiger charge is -2.32. The molecule has 1 aliphatic heterocycles. The molecule has 9 N–H and O–H groups in total. The van der Waals surface area contributed by atoms with Crippen molar-refractivity contribution in [3.05, 3.63) is 108 Å². The normalized spacial score (nSPS) is 13.2. The number of nitrogens with two attached hydrogens (primary N) is 3. The standard InChI is InChI=1S/C30H26N10O7/c31-20-22(24(42)23(20)41)39-8-7-14-2-1-13(9-17(14)12-39)11-34-26(44)18-10-19(40-30(35-18)37-29(33)38-40)27(45)36-21(25(32)43)15-3-5-16(6-4-15)28(46)47/h1-6,9-10,21H,7-8,11-12,31H2,(H2,32,43)(H2,33,38)(H,34,44)(H,36,45)(H,46,47)/t21-/m1/s1. The number of carboxylic acid groups (broad SMARTS) is 1. The Balaban J connectivity index is 1.20. The second-order valence-corrected chi connectivity index (χ2v) is 10.8. The summed E-state index contributed by atoms with van der Waals surface area (Å²) in [5.41, 5.74) is 18.4. The molecule has 0 bridgehead atoms. The van der Waals surface area contributed by atoms with Crippen LogP contribution in [0.15, 0.2) is 58.1 Å². The van der Waals surface area contributed by atoms with Crippen LogP contribution in [0.1, 0.15) is 59.6 Å². The zero-order valence-electron chi connectivity index (χ0n) is 24.4. The van der Waals surface area contributed by atoms with Crippen LogP contribution in [0.4, 0.5) is 17.3 Å². The number of carboxylic acids is 1. The largest absolute Gasteiger partial charge is 0.478 e. The molecule has 17 heteroatoms. The summed E-state index contributed by atoms with van der Waals surface area (Å²) in [6.07, 6.45) is 0.640. The van der Waals surface area contributed by atoms with Gasteiger partial charge in [-0.05, 0) is 40.8 Å². The summed E-state index contributed by atoms with van der Waals surface area (Å²) in [6.45, 7) is 0.980. The minimum atomic E-state index is -1.36. The van der Waals surface area contributed by atoms with Crippen LogP contribution >= 0.6 is 0 Å². The zero-order chi connectivity index (χ0) is 33.6. The number of anilines is 3. The van der Waals surface area contributed by atoms with Crippen LogP contribution in [0.3, 0.4) is 0 Å². The number of nitrogens with one attached hydrogen (secondary N) is 2.